The zero-order chi connectivity index (χ0) is 14.6. The number of hydrogen-bond acceptors (Lipinski definition) is 4. The third kappa shape index (κ3) is 13.8. The van der Waals surface area contributed by atoms with Gasteiger partial charge in [0.1, 0.15) is 0 Å². The van der Waals surface area contributed by atoms with E-state index < -0.39 is 15.4 Å². The van der Waals surface area contributed by atoms with Crippen LogP contribution in [0.2, 0.25) is 0 Å². The maximum atomic E-state index is 11.2. The normalized spacial score (nSPS) is 12.9. The van der Waals surface area contributed by atoms with Crippen LogP contribution in [0.15, 0.2) is 0 Å². The Kier molecular flexibility index (Phi) is 17.1. The van der Waals surface area contributed by atoms with Crippen LogP contribution in [0.25, 0.3) is 0 Å². The molecule has 4 nitrogen and oxygen atoms in total. The van der Waals surface area contributed by atoms with Crippen molar-refractivity contribution in [3.05, 3.63) is 0 Å². The Labute approximate surface area is 146 Å². The summed E-state index contributed by atoms with van der Waals surface area (Å²) in [5, 5.41) is 7.95. The van der Waals surface area contributed by atoms with Crippen LogP contribution >= 0.6 is 0 Å². The van der Waals surface area contributed by atoms with Crippen molar-refractivity contribution in [1.29, 1.82) is 0 Å². The Hall–Kier alpha value is 0.870. The summed E-state index contributed by atoms with van der Waals surface area (Å²) in [7, 11) is -4.14. The van der Waals surface area contributed by atoms with Gasteiger partial charge in [-0.25, -0.2) is 8.42 Å². The Morgan fingerprint density at radius 2 is 1.35 bits per heavy atom. The average molecular weight is 316 g/mol. The minimum atomic E-state index is -4.14. The Morgan fingerprint density at radius 3 is 1.80 bits per heavy atom. The number of unbranched alkanes of at least 4 members (excludes halogenated alkanes) is 7. The molecule has 0 rings (SSSR count). The molecule has 0 aromatic carbocycles. The molecule has 0 aliphatic heterocycles. The predicted octanol–water partition coefficient (Wildman–Crippen LogP) is 0.208. The summed E-state index contributed by atoms with van der Waals surface area (Å²) in [5.41, 5.74) is 0. The molecule has 1 N–H and O–H groups in total. The zero-order valence-corrected chi connectivity index (χ0v) is 16.0. The molecular weight excluding hydrogens is 287 g/mol. The molecule has 0 aromatic rings. The van der Waals surface area contributed by atoms with E-state index in [1.54, 1.807) is 0 Å². The fourth-order valence-electron chi connectivity index (χ4n) is 2.25. The van der Waals surface area contributed by atoms with E-state index in [0.29, 0.717) is 12.8 Å². The van der Waals surface area contributed by atoms with Crippen LogP contribution < -0.4 is 29.6 Å². The summed E-state index contributed by atoms with van der Waals surface area (Å²) in [6.07, 6.45) is 9.60. The molecule has 1 atom stereocenters. The van der Waals surface area contributed by atoms with Crippen molar-refractivity contribution in [2.24, 2.45) is 0 Å². The van der Waals surface area contributed by atoms with Crippen LogP contribution in [0.5, 0.6) is 0 Å². The monoisotopic (exact) mass is 316 g/mol. The van der Waals surface area contributed by atoms with E-state index in [2.05, 4.69) is 6.92 Å². The van der Waals surface area contributed by atoms with E-state index in [0.717, 1.165) is 57.8 Å². The molecule has 0 fully saturated rings. The van der Waals surface area contributed by atoms with Crippen LogP contribution in [0, 0.1) is 0 Å². The van der Waals surface area contributed by atoms with Gasteiger partial charge in [-0.15, -0.1) is 0 Å². The first-order chi connectivity index (χ1) is 9.02. The van der Waals surface area contributed by atoms with Gasteiger partial charge in [0.05, 0.1) is 10.1 Å². The van der Waals surface area contributed by atoms with Gasteiger partial charge in [-0.2, -0.15) is 0 Å². The summed E-state index contributed by atoms with van der Waals surface area (Å²) in [4.78, 5) is 0. The van der Waals surface area contributed by atoms with Crippen molar-refractivity contribution >= 4 is 10.1 Å². The van der Waals surface area contributed by atoms with E-state index in [4.69, 9.17) is 5.11 Å². The summed E-state index contributed by atoms with van der Waals surface area (Å²) in [6, 6.07) is 0. The second-order valence-corrected chi connectivity index (χ2v) is 6.90. The number of aliphatic hydroxyl groups is 1. The maximum Gasteiger partial charge on any atom is 1.00 e. The van der Waals surface area contributed by atoms with Crippen molar-refractivity contribution in [1.82, 2.24) is 0 Å². The summed E-state index contributed by atoms with van der Waals surface area (Å²) < 4.78 is 33.5. The van der Waals surface area contributed by atoms with E-state index in [-0.39, 0.29) is 36.2 Å². The zero-order valence-electron chi connectivity index (χ0n) is 13.1. The van der Waals surface area contributed by atoms with Gasteiger partial charge in [0.25, 0.3) is 0 Å². The average Bonchev–Trinajstić information content (AvgIpc) is 2.34. The molecule has 0 saturated carbocycles. The van der Waals surface area contributed by atoms with Crippen molar-refractivity contribution in [3.63, 3.8) is 0 Å². The largest absolute Gasteiger partial charge is 1.00 e. The third-order valence-corrected chi connectivity index (χ3v) is 4.76. The molecule has 0 spiro atoms. The van der Waals surface area contributed by atoms with Crippen LogP contribution in [-0.4, -0.2) is 29.9 Å². The van der Waals surface area contributed by atoms with E-state index in [9.17, 15) is 13.0 Å². The molecule has 0 bridgehead atoms. The quantitative estimate of drug-likeness (QED) is 0.299. The van der Waals surface area contributed by atoms with Gasteiger partial charge in [0.15, 0.2) is 0 Å². The molecular formula is C14H29NaO4S. The fourth-order valence-corrected chi connectivity index (χ4v) is 3.16. The molecule has 0 amide bonds. The van der Waals surface area contributed by atoms with E-state index in [1.807, 2.05) is 0 Å². The first kappa shape index (κ1) is 23.1. The second kappa shape index (κ2) is 14.8. The van der Waals surface area contributed by atoms with Crippen molar-refractivity contribution in [2.45, 2.75) is 82.8 Å². The smallest absolute Gasteiger partial charge is 0.748 e. The number of hydrogen-bond donors (Lipinski definition) is 1. The van der Waals surface area contributed by atoms with Gasteiger partial charge in [-0.3, -0.25) is 0 Å². The fraction of sp³-hybridized carbons (Fsp3) is 1.00. The van der Waals surface area contributed by atoms with Gasteiger partial charge in [0.2, 0.25) is 0 Å². The predicted molar refractivity (Wildman–Crippen MR) is 77.0 cm³/mol. The molecule has 6 heteroatoms. The van der Waals surface area contributed by atoms with E-state index in [1.165, 1.54) is 0 Å². The number of aliphatic hydroxyl groups excluding tert-OH is 1. The third-order valence-electron chi connectivity index (χ3n) is 3.47. The minimum Gasteiger partial charge on any atom is -0.748 e. The molecule has 1 unspecified atom stereocenters. The molecule has 0 radical (unpaired) electrons. The Bertz CT molecular complexity index is 294. The summed E-state index contributed by atoms with van der Waals surface area (Å²) >= 11 is 0. The van der Waals surface area contributed by atoms with Gasteiger partial charge in [-0.1, -0.05) is 58.3 Å². The standard InChI is InChI=1S/C14H30O4S.Na/c1-2-3-4-8-11-14(19(16,17)18)12-9-6-5-7-10-13-15;/h14-15H,2-13H2,1H3,(H,16,17,18);/q;+1/p-1. The minimum absolute atomic E-state index is 0. The van der Waals surface area contributed by atoms with Crippen molar-refractivity contribution < 1.29 is 47.6 Å². The van der Waals surface area contributed by atoms with Gasteiger partial charge in [0, 0.05) is 11.9 Å². The van der Waals surface area contributed by atoms with Gasteiger partial charge in [-0.05, 0) is 19.3 Å². The summed E-state index contributed by atoms with van der Waals surface area (Å²) in [5.74, 6) is 0. The molecule has 0 aromatic heterocycles. The topological polar surface area (TPSA) is 77.4 Å². The van der Waals surface area contributed by atoms with Crippen molar-refractivity contribution in [3.8, 4) is 0 Å². The number of rotatable bonds is 13. The Balaban J connectivity index is 0. The van der Waals surface area contributed by atoms with Crippen LogP contribution in [0.3, 0.4) is 0 Å². The molecule has 20 heavy (non-hydrogen) atoms. The first-order valence-corrected chi connectivity index (χ1v) is 9.05. The molecule has 0 aliphatic rings. The Morgan fingerprint density at radius 1 is 0.900 bits per heavy atom. The summed E-state index contributed by atoms with van der Waals surface area (Å²) in [6.45, 7) is 2.32. The first-order valence-electron chi connectivity index (χ1n) is 7.58. The molecule has 116 valence electrons. The SMILES string of the molecule is CCCCCCC(CCCCCCCO)S(=O)(=O)[O-].[Na+]. The van der Waals surface area contributed by atoms with Crippen LogP contribution in [0.4, 0.5) is 0 Å². The van der Waals surface area contributed by atoms with E-state index >= 15 is 0 Å². The second-order valence-electron chi connectivity index (χ2n) is 5.24. The molecule has 0 saturated heterocycles. The van der Waals surface area contributed by atoms with Gasteiger partial charge < -0.3 is 9.66 Å². The maximum absolute atomic E-state index is 11.2. The van der Waals surface area contributed by atoms with Crippen molar-refractivity contribution in [2.75, 3.05) is 6.61 Å². The molecule has 0 aliphatic carbocycles. The molecule has 0 heterocycles. The van der Waals surface area contributed by atoms with Gasteiger partial charge >= 0.3 is 29.6 Å². The van der Waals surface area contributed by atoms with Crippen LogP contribution in [0.1, 0.15) is 77.6 Å². The van der Waals surface area contributed by atoms with Crippen LogP contribution in [-0.2, 0) is 10.1 Å².